The van der Waals surface area contributed by atoms with Crippen LogP contribution in [0.1, 0.15) is 59.8 Å². The molecule has 0 bridgehead atoms. The van der Waals surface area contributed by atoms with Crippen molar-refractivity contribution in [3.63, 3.8) is 0 Å². The summed E-state index contributed by atoms with van der Waals surface area (Å²) in [5.74, 6) is 1.41. The fraction of sp³-hybridized carbons (Fsp3) is 0.941. The third kappa shape index (κ3) is 3.78. The summed E-state index contributed by atoms with van der Waals surface area (Å²) in [4.78, 5) is 15.0. The van der Waals surface area contributed by atoms with Crippen molar-refractivity contribution in [2.45, 2.75) is 84.2 Å². The monoisotopic (exact) mass is 296 g/mol. The van der Waals surface area contributed by atoms with Crippen LogP contribution in [0.3, 0.4) is 0 Å². The van der Waals surface area contributed by atoms with E-state index >= 15 is 0 Å². The summed E-state index contributed by atoms with van der Waals surface area (Å²) in [5.41, 5.74) is 0. The van der Waals surface area contributed by atoms with E-state index in [0.29, 0.717) is 17.7 Å². The Labute approximate surface area is 129 Å². The number of hydrogen-bond acceptors (Lipinski definition) is 3. The molecule has 4 unspecified atom stereocenters. The molecule has 1 aliphatic carbocycles. The number of rotatable bonds is 6. The number of ether oxygens (including phenoxy) is 1. The number of nitrogens with zero attached hydrogens (tertiary/aromatic N) is 1. The fourth-order valence-corrected chi connectivity index (χ4v) is 3.88. The lowest BCUT2D eigenvalue weighted by Crippen LogP contribution is -2.48. The summed E-state index contributed by atoms with van der Waals surface area (Å²) in [6.45, 7) is 8.82. The zero-order valence-electron chi connectivity index (χ0n) is 14.3. The SMILES string of the molecule is COC1CCCC1N1C(=O)C(CC(C)C)NC1CC(C)C. The molecule has 2 fully saturated rings. The Hall–Kier alpha value is -0.610. The van der Waals surface area contributed by atoms with E-state index in [1.54, 1.807) is 7.11 Å². The highest BCUT2D eigenvalue weighted by molar-refractivity contribution is 5.84. The molecule has 122 valence electrons. The first-order valence-electron chi connectivity index (χ1n) is 8.55. The first kappa shape index (κ1) is 16.8. The van der Waals surface area contributed by atoms with Crippen molar-refractivity contribution in [2.75, 3.05) is 7.11 Å². The topological polar surface area (TPSA) is 41.6 Å². The molecular weight excluding hydrogens is 264 g/mol. The molecular formula is C17H32N2O2. The average molecular weight is 296 g/mol. The van der Waals surface area contributed by atoms with Gasteiger partial charge in [-0.2, -0.15) is 0 Å². The largest absolute Gasteiger partial charge is 0.379 e. The molecule has 0 aromatic carbocycles. The van der Waals surface area contributed by atoms with Gasteiger partial charge in [0.2, 0.25) is 5.91 Å². The summed E-state index contributed by atoms with van der Waals surface area (Å²) in [5, 5.41) is 3.60. The maximum absolute atomic E-state index is 12.9. The lowest BCUT2D eigenvalue weighted by atomic mass is 10.0. The van der Waals surface area contributed by atoms with Gasteiger partial charge in [-0.1, -0.05) is 27.7 Å². The molecule has 0 aromatic heterocycles. The van der Waals surface area contributed by atoms with Crippen molar-refractivity contribution in [1.29, 1.82) is 0 Å². The van der Waals surface area contributed by atoms with Crippen LogP contribution in [-0.4, -0.2) is 42.3 Å². The van der Waals surface area contributed by atoms with E-state index in [4.69, 9.17) is 4.74 Å². The molecule has 21 heavy (non-hydrogen) atoms. The summed E-state index contributed by atoms with van der Waals surface area (Å²) in [7, 11) is 1.78. The lowest BCUT2D eigenvalue weighted by molar-refractivity contribution is -0.135. The Morgan fingerprint density at radius 2 is 1.86 bits per heavy atom. The van der Waals surface area contributed by atoms with Crippen LogP contribution in [0.25, 0.3) is 0 Å². The van der Waals surface area contributed by atoms with E-state index in [1.165, 1.54) is 0 Å². The van der Waals surface area contributed by atoms with Crippen molar-refractivity contribution in [3.05, 3.63) is 0 Å². The minimum atomic E-state index is -0.00754. The molecule has 1 saturated carbocycles. The lowest BCUT2D eigenvalue weighted by Gasteiger charge is -2.34. The van der Waals surface area contributed by atoms with E-state index in [-0.39, 0.29) is 24.4 Å². The van der Waals surface area contributed by atoms with Gasteiger partial charge in [0.1, 0.15) is 0 Å². The van der Waals surface area contributed by atoms with Crippen molar-refractivity contribution >= 4 is 5.91 Å². The maximum Gasteiger partial charge on any atom is 0.241 e. The quantitative estimate of drug-likeness (QED) is 0.819. The maximum atomic E-state index is 12.9. The predicted molar refractivity (Wildman–Crippen MR) is 84.9 cm³/mol. The fourth-order valence-electron chi connectivity index (χ4n) is 3.88. The van der Waals surface area contributed by atoms with Gasteiger partial charge in [0.15, 0.2) is 0 Å². The minimum absolute atomic E-state index is 0.00754. The highest BCUT2D eigenvalue weighted by atomic mass is 16.5. The normalized spacial score (nSPS) is 33.7. The summed E-state index contributed by atoms with van der Waals surface area (Å²) >= 11 is 0. The molecule has 2 rings (SSSR count). The first-order chi connectivity index (χ1) is 9.93. The molecule has 2 aliphatic rings. The predicted octanol–water partition coefficient (Wildman–Crippen LogP) is 2.77. The molecule has 1 saturated heterocycles. The molecule has 4 heteroatoms. The van der Waals surface area contributed by atoms with Crippen molar-refractivity contribution < 1.29 is 9.53 Å². The van der Waals surface area contributed by atoms with Crippen LogP contribution < -0.4 is 5.32 Å². The molecule has 4 atom stereocenters. The van der Waals surface area contributed by atoms with Crippen LogP contribution in [0.5, 0.6) is 0 Å². The number of amides is 1. The van der Waals surface area contributed by atoms with Gasteiger partial charge >= 0.3 is 0 Å². The minimum Gasteiger partial charge on any atom is -0.379 e. The molecule has 1 amide bonds. The highest BCUT2D eigenvalue weighted by Crippen LogP contribution is 2.32. The molecule has 4 nitrogen and oxygen atoms in total. The van der Waals surface area contributed by atoms with E-state index in [2.05, 4.69) is 37.9 Å². The van der Waals surface area contributed by atoms with Gasteiger partial charge < -0.3 is 9.64 Å². The molecule has 0 radical (unpaired) electrons. The molecule has 1 N–H and O–H groups in total. The van der Waals surface area contributed by atoms with Gasteiger partial charge in [0.25, 0.3) is 0 Å². The molecule has 0 aromatic rings. The standard InChI is InChI=1S/C17H32N2O2/c1-11(2)9-13-17(20)19(16(18-13)10-12(3)4)14-7-6-8-15(14)21-5/h11-16,18H,6-10H2,1-5H3. The Bertz CT molecular complexity index is 357. The zero-order valence-corrected chi connectivity index (χ0v) is 14.3. The van der Waals surface area contributed by atoms with Crippen molar-refractivity contribution in [1.82, 2.24) is 10.2 Å². The molecule has 1 aliphatic heterocycles. The zero-order chi connectivity index (χ0) is 15.6. The van der Waals surface area contributed by atoms with Crippen molar-refractivity contribution in [3.8, 4) is 0 Å². The Morgan fingerprint density at radius 3 is 2.43 bits per heavy atom. The van der Waals surface area contributed by atoms with Gasteiger partial charge in [-0.15, -0.1) is 0 Å². The van der Waals surface area contributed by atoms with Crippen LogP contribution in [0.2, 0.25) is 0 Å². The highest BCUT2D eigenvalue weighted by Gasteiger charge is 2.46. The Morgan fingerprint density at radius 1 is 1.19 bits per heavy atom. The molecule has 1 heterocycles. The first-order valence-corrected chi connectivity index (χ1v) is 8.55. The third-order valence-electron chi connectivity index (χ3n) is 4.76. The van der Waals surface area contributed by atoms with E-state index in [0.717, 1.165) is 32.1 Å². The number of hydrogen-bond donors (Lipinski definition) is 1. The van der Waals surface area contributed by atoms with Gasteiger partial charge in [0, 0.05) is 7.11 Å². The van der Waals surface area contributed by atoms with Gasteiger partial charge in [-0.25, -0.2) is 0 Å². The van der Waals surface area contributed by atoms with E-state index in [9.17, 15) is 4.79 Å². The Kier molecular flexibility index (Phi) is 5.67. The van der Waals surface area contributed by atoms with Crippen LogP contribution in [0.4, 0.5) is 0 Å². The second-order valence-corrected chi connectivity index (χ2v) is 7.51. The van der Waals surface area contributed by atoms with Crippen LogP contribution >= 0.6 is 0 Å². The number of carbonyl (C=O) groups excluding carboxylic acids is 1. The molecule has 0 spiro atoms. The van der Waals surface area contributed by atoms with Gasteiger partial charge in [-0.3, -0.25) is 10.1 Å². The Balaban J connectivity index is 2.15. The van der Waals surface area contributed by atoms with E-state index in [1.807, 2.05) is 0 Å². The number of methoxy groups -OCH3 is 1. The van der Waals surface area contributed by atoms with Crippen molar-refractivity contribution in [2.24, 2.45) is 11.8 Å². The number of nitrogens with one attached hydrogen (secondary N) is 1. The van der Waals surface area contributed by atoms with Crippen LogP contribution in [0, 0.1) is 11.8 Å². The third-order valence-corrected chi connectivity index (χ3v) is 4.76. The summed E-state index contributed by atoms with van der Waals surface area (Å²) < 4.78 is 5.63. The van der Waals surface area contributed by atoms with Gasteiger partial charge in [-0.05, 0) is 43.9 Å². The summed E-state index contributed by atoms with van der Waals surface area (Å²) in [6.07, 6.45) is 5.66. The van der Waals surface area contributed by atoms with Crippen LogP contribution in [-0.2, 0) is 9.53 Å². The second kappa shape index (κ2) is 7.10. The summed E-state index contributed by atoms with van der Waals surface area (Å²) in [6, 6.07) is 0.253. The van der Waals surface area contributed by atoms with Gasteiger partial charge in [0.05, 0.1) is 24.4 Å². The van der Waals surface area contributed by atoms with E-state index < -0.39 is 0 Å². The average Bonchev–Trinajstić information content (AvgIpc) is 2.94. The number of carbonyl (C=O) groups is 1. The second-order valence-electron chi connectivity index (χ2n) is 7.51. The van der Waals surface area contributed by atoms with Crippen LogP contribution in [0.15, 0.2) is 0 Å². The smallest absolute Gasteiger partial charge is 0.241 e.